The molecule has 1 aromatic carbocycles. The second-order valence-corrected chi connectivity index (χ2v) is 6.73. The molecule has 1 aromatic rings. The van der Waals surface area contributed by atoms with E-state index in [-0.39, 0.29) is 0 Å². The number of piperidine rings is 1. The summed E-state index contributed by atoms with van der Waals surface area (Å²) in [5.74, 6) is 1.57. The highest BCUT2D eigenvalue weighted by molar-refractivity contribution is 5.38. The van der Waals surface area contributed by atoms with Gasteiger partial charge < -0.3 is 15.0 Å². The van der Waals surface area contributed by atoms with Crippen LogP contribution in [0.5, 0.6) is 5.75 Å². The van der Waals surface area contributed by atoms with Gasteiger partial charge in [-0.15, -0.1) is 0 Å². The van der Waals surface area contributed by atoms with Crippen LogP contribution in [0.2, 0.25) is 0 Å². The topological polar surface area (TPSA) is 24.5 Å². The summed E-state index contributed by atoms with van der Waals surface area (Å²) in [7, 11) is 0. The van der Waals surface area contributed by atoms with Gasteiger partial charge in [0.2, 0.25) is 0 Å². The van der Waals surface area contributed by atoms with E-state index in [4.69, 9.17) is 4.74 Å². The van der Waals surface area contributed by atoms with Crippen LogP contribution in [0, 0.1) is 5.92 Å². The second-order valence-electron chi connectivity index (χ2n) is 6.73. The maximum absolute atomic E-state index is 5.85. The smallest absolute Gasteiger partial charge is 0.124 e. The number of hydrogen-bond acceptors (Lipinski definition) is 3. The lowest BCUT2D eigenvalue weighted by Gasteiger charge is -2.36. The van der Waals surface area contributed by atoms with Crippen molar-refractivity contribution in [1.82, 2.24) is 10.2 Å². The molecule has 21 heavy (non-hydrogen) atoms. The fraction of sp³-hybridized carbons (Fsp3) is 0.667. The minimum atomic E-state index is 0.412. The van der Waals surface area contributed by atoms with E-state index in [0.717, 1.165) is 18.9 Å². The fourth-order valence-electron chi connectivity index (χ4n) is 3.64. The Labute approximate surface area is 128 Å². The quantitative estimate of drug-likeness (QED) is 0.920. The number of hydrogen-bond donors (Lipinski definition) is 1. The first kappa shape index (κ1) is 14.9. The standard InChI is InChI=1S/C18H28N2O/c1-14-13-21-17-9-5-4-8-16(17)18(14)19-15(2)12-20-10-6-3-7-11-20/h4-5,8-9,14-15,18-19H,3,6-7,10-13H2,1-2H3. The third kappa shape index (κ3) is 3.58. The zero-order chi connectivity index (χ0) is 14.7. The average molecular weight is 288 g/mol. The van der Waals surface area contributed by atoms with E-state index in [1.54, 1.807) is 0 Å². The van der Waals surface area contributed by atoms with Crippen molar-refractivity contribution in [3.63, 3.8) is 0 Å². The van der Waals surface area contributed by atoms with E-state index in [1.807, 2.05) is 0 Å². The predicted molar refractivity (Wildman–Crippen MR) is 86.7 cm³/mol. The highest BCUT2D eigenvalue weighted by atomic mass is 16.5. The van der Waals surface area contributed by atoms with Crippen LogP contribution in [0.15, 0.2) is 24.3 Å². The predicted octanol–water partition coefficient (Wildman–Crippen LogP) is 3.22. The molecule has 0 aromatic heterocycles. The van der Waals surface area contributed by atoms with E-state index in [0.29, 0.717) is 18.0 Å². The maximum atomic E-state index is 5.85. The van der Waals surface area contributed by atoms with Crippen LogP contribution >= 0.6 is 0 Å². The van der Waals surface area contributed by atoms with Gasteiger partial charge in [0.1, 0.15) is 5.75 Å². The van der Waals surface area contributed by atoms with Gasteiger partial charge in [-0.25, -0.2) is 0 Å². The van der Waals surface area contributed by atoms with E-state index >= 15 is 0 Å². The molecule has 0 saturated carbocycles. The molecule has 0 spiro atoms. The van der Waals surface area contributed by atoms with Crippen LogP contribution in [0.3, 0.4) is 0 Å². The van der Waals surface area contributed by atoms with E-state index in [9.17, 15) is 0 Å². The van der Waals surface area contributed by atoms with Crippen molar-refractivity contribution >= 4 is 0 Å². The lowest BCUT2D eigenvalue weighted by molar-refractivity contribution is 0.162. The fourth-order valence-corrected chi connectivity index (χ4v) is 3.64. The number of fused-ring (bicyclic) bond motifs is 1. The lowest BCUT2D eigenvalue weighted by Crippen LogP contribution is -2.45. The van der Waals surface area contributed by atoms with Crippen LogP contribution in [-0.4, -0.2) is 37.2 Å². The molecule has 0 radical (unpaired) electrons. The first-order valence-corrected chi connectivity index (χ1v) is 8.44. The number of nitrogens with zero attached hydrogens (tertiary/aromatic N) is 1. The molecule has 3 rings (SSSR count). The summed E-state index contributed by atoms with van der Waals surface area (Å²) in [5, 5.41) is 3.85. The van der Waals surface area contributed by atoms with Crippen molar-refractivity contribution in [3.05, 3.63) is 29.8 Å². The lowest BCUT2D eigenvalue weighted by atomic mass is 9.91. The van der Waals surface area contributed by atoms with Crippen molar-refractivity contribution in [2.24, 2.45) is 5.92 Å². The average Bonchev–Trinajstić information content (AvgIpc) is 2.51. The molecule has 1 saturated heterocycles. The summed E-state index contributed by atoms with van der Waals surface area (Å²) in [6, 6.07) is 9.39. The molecule has 2 aliphatic rings. The third-order valence-corrected chi connectivity index (χ3v) is 4.77. The molecule has 1 N–H and O–H groups in total. The van der Waals surface area contributed by atoms with Crippen LogP contribution in [0.25, 0.3) is 0 Å². The van der Waals surface area contributed by atoms with Crippen molar-refractivity contribution in [2.45, 2.75) is 45.2 Å². The third-order valence-electron chi connectivity index (χ3n) is 4.77. The molecular weight excluding hydrogens is 260 g/mol. The van der Waals surface area contributed by atoms with Crippen LogP contribution in [0.1, 0.15) is 44.7 Å². The van der Waals surface area contributed by atoms with Gasteiger partial charge in [0, 0.05) is 30.1 Å². The normalized spacial score (nSPS) is 27.7. The van der Waals surface area contributed by atoms with E-state index in [2.05, 4.69) is 48.3 Å². The number of nitrogens with one attached hydrogen (secondary N) is 1. The van der Waals surface area contributed by atoms with Crippen LogP contribution < -0.4 is 10.1 Å². The Morgan fingerprint density at radius 1 is 1.24 bits per heavy atom. The molecule has 1 fully saturated rings. The Balaban J connectivity index is 1.63. The van der Waals surface area contributed by atoms with Gasteiger partial charge in [0.05, 0.1) is 6.61 Å². The van der Waals surface area contributed by atoms with Gasteiger partial charge in [0.15, 0.2) is 0 Å². The molecule has 0 bridgehead atoms. The molecule has 3 nitrogen and oxygen atoms in total. The Morgan fingerprint density at radius 2 is 2.00 bits per heavy atom. The second kappa shape index (κ2) is 6.80. The summed E-state index contributed by atoms with van der Waals surface area (Å²) >= 11 is 0. The summed E-state index contributed by atoms with van der Waals surface area (Å²) in [6.07, 6.45) is 4.13. The monoisotopic (exact) mass is 288 g/mol. The SMILES string of the molecule is CC(CN1CCCCC1)NC1c2ccccc2OCC1C. The number of ether oxygens (including phenoxy) is 1. The van der Waals surface area contributed by atoms with Gasteiger partial charge in [0.25, 0.3) is 0 Å². The van der Waals surface area contributed by atoms with Gasteiger partial charge in [-0.2, -0.15) is 0 Å². The molecule has 2 heterocycles. The van der Waals surface area contributed by atoms with Gasteiger partial charge in [-0.1, -0.05) is 31.5 Å². The minimum Gasteiger partial charge on any atom is -0.493 e. The van der Waals surface area contributed by atoms with Crippen molar-refractivity contribution in [1.29, 1.82) is 0 Å². The van der Waals surface area contributed by atoms with Crippen molar-refractivity contribution in [3.8, 4) is 5.75 Å². The maximum Gasteiger partial charge on any atom is 0.124 e. The number of benzene rings is 1. The summed E-state index contributed by atoms with van der Waals surface area (Å²) in [6.45, 7) is 9.11. The minimum absolute atomic E-state index is 0.412. The Hall–Kier alpha value is -1.06. The van der Waals surface area contributed by atoms with Crippen molar-refractivity contribution < 1.29 is 4.74 Å². The highest BCUT2D eigenvalue weighted by Gasteiger charge is 2.28. The Bertz CT molecular complexity index is 456. The summed E-state index contributed by atoms with van der Waals surface area (Å²) in [4.78, 5) is 2.61. The van der Waals surface area contributed by atoms with Crippen molar-refractivity contribution in [2.75, 3.05) is 26.2 Å². The van der Waals surface area contributed by atoms with Gasteiger partial charge in [-0.3, -0.25) is 0 Å². The highest BCUT2D eigenvalue weighted by Crippen LogP contribution is 2.35. The van der Waals surface area contributed by atoms with Gasteiger partial charge >= 0.3 is 0 Å². The first-order valence-electron chi connectivity index (χ1n) is 8.44. The van der Waals surface area contributed by atoms with Crippen LogP contribution in [0.4, 0.5) is 0 Å². The molecule has 116 valence electrons. The Kier molecular flexibility index (Phi) is 4.81. The molecule has 0 aliphatic carbocycles. The first-order chi connectivity index (χ1) is 10.2. The Morgan fingerprint density at radius 3 is 2.81 bits per heavy atom. The van der Waals surface area contributed by atoms with Gasteiger partial charge in [-0.05, 0) is 38.9 Å². The molecule has 0 amide bonds. The molecule has 3 atom stereocenters. The zero-order valence-electron chi connectivity index (χ0n) is 13.3. The molecular formula is C18H28N2O. The zero-order valence-corrected chi connectivity index (χ0v) is 13.3. The number of para-hydroxylation sites is 1. The largest absolute Gasteiger partial charge is 0.493 e. The number of rotatable bonds is 4. The van der Waals surface area contributed by atoms with E-state index in [1.165, 1.54) is 37.9 Å². The molecule has 3 unspecified atom stereocenters. The van der Waals surface area contributed by atoms with E-state index < -0.39 is 0 Å². The summed E-state index contributed by atoms with van der Waals surface area (Å²) in [5.41, 5.74) is 1.32. The van der Waals surface area contributed by atoms with Crippen LogP contribution in [-0.2, 0) is 0 Å². The number of likely N-dealkylation sites (tertiary alicyclic amines) is 1. The molecule has 2 aliphatic heterocycles. The molecule has 3 heteroatoms. The summed E-state index contributed by atoms with van der Waals surface area (Å²) < 4.78 is 5.85.